The highest BCUT2D eigenvalue weighted by molar-refractivity contribution is 5.82. The third kappa shape index (κ3) is 5.16. The molecule has 1 aromatic rings. The Balaban J connectivity index is 2.46. The van der Waals surface area contributed by atoms with E-state index in [1.165, 1.54) is 13.2 Å². The van der Waals surface area contributed by atoms with Crippen molar-refractivity contribution in [2.24, 2.45) is 0 Å². The van der Waals surface area contributed by atoms with Crippen LogP contribution >= 0.6 is 0 Å². The number of hydrogen-bond donors (Lipinski definition) is 0. The first kappa shape index (κ1) is 13.8. The second-order valence-corrected chi connectivity index (χ2v) is 3.40. The van der Waals surface area contributed by atoms with Gasteiger partial charge < -0.3 is 9.47 Å². The first-order valence-electron chi connectivity index (χ1n) is 5.49. The average Bonchev–Trinajstić information content (AvgIpc) is 2.43. The number of methoxy groups -OCH3 is 2. The lowest BCUT2D eigenvalue weighted by Crippen LogP contribution is -1.92. The Morgan fingerprint density at radius 2 is 1.67 bits per heavy atom. The third-order valence-electron chi connectivity index (χ3n) is 2.17. The highest BCUT2D eigenvalue weighted by Gasteiger charge is 1.88. The van der Waals surface area contributed by atoms with Crippen molar-refractivity contribution >= 4 is 12.0 Å². The molecule has 3 heteroatoms. The highest BCUT2D eigenvalue weighted by Crippen LogP contribution is 2.12. The van der Waals surface area contributed by atoms with E-state index in [1.807, 2.05) is 42.5 Å². The van der Waals surface area contributed by atoms with Gasteiger partial charge in [-0.3, -0.25) is 0 Å². The van der Waals surface area contributed by atoms with E-state index in [0.717, 1.165) is 11.3 Å². The first-order valence-corrected chi connectivity index (χ1v) is 5.49. The van der Waals surface area contributed by atoms with Crippen LogP contribution in [-0.2, 0) is 9.53 Å². The molecule has 0 aliphatic rings. The molecule has 0 amide bonds. The molecule has 0 atom stereocenters. The van der Waals surface area contributed by atoms with Crippen LogP contribution in [0.2, 0.25) is 0 Å². The molecule has 94 valence electrons. The van der Waals surface area contributed by atoms with Gasteiger partial charge in [0.25, 0.3) is 0 Å². The topological polar surface area (TPSA) is 35.5 Å². The number of ether oxygens (including phenoxy) is 2. The second kappa shape index (κ2) is 7.90. The molecule has 0 saturated heterocycles. The lowest BCUT2D eigenvalue weighted by molar-refractivity contribution is -0.134. The molecule has 18 heavy (non-hydrogen) atoms. The summed E-state index contributed by atoms with van der Waals surface area (Å²) in [6.45, 7) is 0. The highest BCUT2D eigenvalue weighted by atomic mass is 16.5. The number of esters is 1. The molecule has 0 saturated carbocycles. The molecule has 0 fully saturated rings. The maximum atomic E-state index is 10.8. The minimum Gasteiger partial charge on any atom is -0.497 e. The summed E-state index contributed by atoms with van der Waals surface area (Å²) in [4.78, 5) is 10.8. The Kier molecular flexibility index (Phi) is 6.04. The minimum atomic E-state index is -0.362. The molecule has 0 N–H and O–H groups in total. The molecule has 0 unspecified atom stereocenters. The standard InChI is InChI=1S/C15H16O3/c1-17-14-11-9-13(10-12-14)7-5-3-4-6-8-15(16)18-2/h3-12H,1-2H3/b4-3+,7-5+,8-6+. The third-order valence-corrected chi connectivity index (χ3v) is 2.17. The van der Waals surface area contributed by atoms with Gasteiger partial charge in [0.2, 0.25) is 0 Å². The van der Waals surface area contributed by atoms with Crippen LogP contribution in [0.25, 0.3) is 6.08 Å². The van der Waals surface area contributed by atoms with E-state index in [1.54, 1.807) is 19.3 Å². The summed E-state index contributed by atoms with van der Waals surface area (Å²) in [5.74, 6) is 0.475. The van der Waals surface area contributed by atoms with Crippen molar-refractivity contribution in [3.8, 4) is 5.75 Å². The zero-order valence-electron chi connectivity index (χ0n) is 10.5. The van der Waals surface area contributed by atoms with Crippen LogP contribution in [0.5, 0.6) is 5.75 Å². The van der Waals surface area contributed by atoms with Crippen molar-refractivity contribution in [3.05, 3.63) is 60.2 Å². The number of carbonyl (C=O) groups is 1. The van der Waals surface area contributed by atoms with Gasteiger partial charge in [0.1, 0.15) is 5.75 Å². The molecule has 0 aliphatic heterocycles. The Bertz CT molecular complexity index is 453. The number of rotatable bonds is 5. The maximum absolute atomic E-state index is 10.8. The van der Waals surface area contributed by atoms with Crippen LogP contribution in [0.4, 0.5) is 0 Å². The van der Waals surface area contributed by atoms with Crippen molar-refractivity contribution in [2.45, 2.75) is 0 Å². The van der Waals surface area contributed by atoms with Crippen molar-refractivity contribution in [2.75, 3.05) is 14.2 Å². The number of hydrogen-bond acceptors (Lipinski definition) is 3. The smallest absolute Gasteiger partial charge is 0.330 e. The van der Waals surface area contributed by atoms with Gasteiger partial charge >= 0.3 is 5.97 Å². The van der Waals surface area contributed by atoms with Gasteiger partial charge in [0.15, 0.2) is 0 Å². The summed E-state index contributed by atoms with van der Waals surface area (Å²) in [6, 6.07) is 7.74. The maximum Gasteiger partial charge on any atom is 0.330 e. The monoisotopic (exact) mass is 244 g/mol. The lowest BCUT2D eigenvalue weighted by atomic mass is 10.2. The molecule has 0 heterocycles. The number of carbonyl (C=O) groups excluding carboxylic acids is 1. The molecule has 0 bridgehead atoms. The van der Waals surface area contributed by atoms with Crippen LogP contribution in [0.3, 0.4) is 0 Å². The summed E-state index contributed by atoms with van der Waals surface area (Å²) >= 11 is 0. The fourth-order valence-corrected chi connectivity index (χ4v) is 1.21. The Morgan fingerprint density at radius 3 is 2.28 bits per heavy atom. The first-order chi connectivity index (χ1) is 8.76. The van der Waals surface area contributed by atoms with Crippen molar-refractivity contribution in [1.82, 2.24) is 0 Å². The van der Waals surface area contributed by atoms with Crippen molar-refractivity contribution in [3.63, 3.8) is 0 Å². The molecular formula is C15H16O3. The van der Waals surface area contributed by atoms with Crippen LogP contribution in [0, 0.1) is 0 Å². The van der Waals surface area contributed by atoms with Crippen molar-refractivity contribution < 1.29 is 14.3 Å². The van der Waals surface area contributed by atoms with E-state index in [4.69, 9.17) is 4.74 Å². The van der Waals surface area contributed by atoms with E-state index in [-0.39, 0.29) is 5.97 Å². The molecular weight excluding hydrogens is 228 g/mol. The Hall–Kier alpha value is -2.29. The molecule has 1 rings (SSSR count). The zero-order chi connectivity index (χ0) is 13.2. The summed E-state index contributed by atoms with van der Waals surface area (Å²) in [6.07, 6.45) is 10.4. The van der Waals surface area contributed by atoms with Crippen LogP contribution in [0.1, 0.15) is 5.56 Å². The Labute approximate surface area is 107 Å². The molecule has 3 nitrogen and oxygen atoms in total. The van der Waals surface area contributed by atoms with Gasteiger partial charge in [-0.25, -0.2) is 4.79 Å². The number of allylic oxidation sites excluding steroid dienone is 4. The van der Waals surface area contributed by atoms with Gasteiger partial charge in [0.05, 0.1) is 14.2 Å². The van der Waals surface area contributed by atoms with Crippen molar-refractivity contribution in [1.29, 1.82) is 0 Å². The van der Waals surface area contributed by atoms with E-state index in [9.17, 15) is 4.79 Å². The quantitative estimate of drug-likeness (QED) is 0.454. The van der Waals surface area contributed by atoms with Gasteiger partial charge in [-0.2, -0.15) is 0 Å². The molecule has 0 aromatic heterocycles. The molecule has 1 aromatic carbocycles. The van der Waals surface area contributed by atoms with E-state index >= 15 is 0 Å². The largest absolute Gasteiger partial charge is 0.497 e. The van der Waals surface area contributed by atoms with Gasteiger partial charge in [0, 0.05) is 6.08 Å². The van der Waals surface area contributed by atoms with Gasteiger partial charge in [-0.1, -0.05) is 42.5 Å². The zero-order valence-corrected chi connectivity index (χ0v) is 10.5. The van der Waals surface area contributed by atoms with E-state index in [2.05, 4.69) is 4.74 Å². The predicted octanol–water partition coefficient (Wildman–Crippen LogP) is 2.99. The van der Waals surface area contributed by atoms with Gasteiger partial charge in [-0.15, -0.1) is 0 Å². The summed E-state index contributed by atoms with van der Waals surface area (Å²) in [5.41, 5.74) is 1.08. The normalized spacial score (nSPS) is 11.4. The summed E-state index contributed by atoms with van der Waals surface area (Å²) in [5, 5.41) is 0. The summed E-state index contributed by atoms with van der Waals surface area (Å²) in [7, 11) is 2.99. The number of benzene rings is 1. The lowest BCUT2D eigenvalue weighted by Gasteiger charge is -1.98. The van der Waals surface area contributed by atoms with Crippen LogP contribution in [-0.4, -0.2) is 20.2 Å². The average molecular weight is 244 g/mol. The van der Waals surface area contributed by atoms with Crippen LogP contribution < -0.4 is 4.74 Å². The Morgan fingerprint density at radius 1 is 1.00 bits per heavy atom. The second-order valence-electron chi connectivity index (χ2n) is 3.40. The fourth-order valence-electron chi connectivity index (χ4n) is 1.21. The van der Waals surface area contributed by atoms with E-state index < -0.39 is 0 Å². The SMILES string of the molecule is COC(=O)/C=C/C=C/C=C/c1ccc(OC)cc1. The van der Waals surface area contributed by atoms with Gasteiger partial charge in [-0.05, 0) is 17.7 Å². The molecule has 0 radical (unpaired) electrons. The summed E-state index contributed by atoms with van der Waals surface area (Å²) < 4.78 is 9.53. The van der Waals surface area contributed by atoms with E-state index in [0.29, 0.717) is 0 Å². The fraction of sp³-hybridized carbons (Fsp3) is 0.133. The molecule has 0 aliphatic carbocycles. The van der Waals surface area contributed by atoms with Crippen LogP contribution in [0.15, 0.2) is 54.6 Å². The minimum absolute atomic E-state index is 0.362. The molecule has 0 spiro atoms. The predicted molar refractivity (Wildman–Crippen MR) is 72.3 cm³/mol.